The predicted octanol–water partition coefficient (Wildman–Crippen LogP) is 8.33. The van der Waals surface area contributed by atoms with E-state index in [4.69, 9.17) is 0 Å². The SMILES string of the molecule is CCC(C)(C)c1cc(C(C)(C)C)cc(CSC2CCCCCCC2)c1C. The van der Waals surface area contributed by atoms with E-state index in [1.807, 2.05) is 0 Å². The molecule has 0 spiro atoms. The molecule has 0 atom stereocenters. The molecule has 1 saturated carbocycles. The molecule has 1 aliphatic rings. The summed E-state index contributed by atoms with van der Waals surface area (Å²) in [5.74, 6) is 1.19. The van der Waals surface area contributed by atoms with E-state index in [9.17, 15) is 0 Å². The highest BCUT2D eigenvalue weighted by atomic mass is 32.2. The van der Waals surface area contributed by atoms with Gasteiger partial charge in [0.2, 0.25) is 0 Å². The topological polar surface area (TPSA) is 0 Å². The molecule has 0 heterocycles. The van der Waals surface area contributed by atoms with Gasteiger partial charge in [-0.25, -0.2) is 0 Å². The van der Waals surface area contributed by atoms with Gasteiger partial charge in [0.15, 0.2) is 0 Å². The molecular formula is C25H42S. The van der Waals surface area contributed by atoms with E-state index < -0.39 is 0 Å². The van der Waals surface area contributed by atoms with Crippen LogP contribution in [0.1, 0.15) is 115 Å². The molecule has 0 amide bonds. The van der Waals surface area contributed by atoms with E-state index in [0.717, 1.165) is 5.25 Å². The second-order valence-electron chi connectivity index (χ2n) is 10.1. The monoisotopic (exact) mass is 374 g/mol. The van der Waals surface area contributed by atoms with Gasteiger partial charge in [0.05, 0.1) is 0 Å². The third-order valence-corrected chi connectivity index (χ3v) is 7.94. The van der Waals surface area contributed by atoms with E-state index >= 15 is 0 Å². The Balaban J connectivity index is 2.26. The quantitative estimate of drug-likeness (QED) is 0.499. The Morgan fingerprint density at radius 3 is 2.04 bits per heavy atom. The van der Waals surface area contributed by atoms with Gasteiger partial charge < -0.3 is 0 Å². The van der Waals surface area contributed by atoms with Gasteiger partial charge in [0, 0.05) is 11.0 Å². The van der Waals surface area contributed by atoms with E-state index in [1.54, 1.807) is 16.7 Å². The maximum absolute atomic E-state index is 2.51. The largest absolute Gasteiger partial charge is 0.154 e. The van der Waals surface area contributed by atoms with Crippen molar-refractivity contribution in [2.45, 2.75) is 122 Å². The summed E-state index contributed by atoms with van der Waals surface area (Å²) in [6, 6.07) is 5.02. The minimum Gasteiger partial charge on any atom is -0.154 e. The van der Waals surface area contributed by atoms with Crippen LogP contribution in [0, 0.1) is 6.92 Å². The average molecular weight is 375 g/mol. The van der Waals surface area contributed by atoms with Crippen LogP contribution in [0.15, 0.2) is 12.1 Å². The first-order valence-corrected chi connectivity index (χ1v) is 12.0. The molecule has 0 N–H and O–H groups in total. The van der Waals surface area contributed by atoms with Crippen LogP contribution >= 0.6 is 11.8 Å². The number of benzene rings is 1. The second-order valence-corrected chi connectivity index (χ2v) is 11.4. The van der Waals surface area contributed by atoms with E-state index in [-0.39, 0.29) is 10.8 Å². The Kier molecular flexibility index (Phi) is 7.72. The molecule has 0 unspecified atom stereocenters. The van der Waals surface area contributed by atoms with Gasteiger partial charge in [-0.2, -0.15) is 11.8 Å². The fourth-order valence-electron chi connectivity index (χ4n) is 4.04. The van der Waals surface area contributed by atoms with Crippen LogP contribution in [0.4, 0.5) is 0 Å². The maximum Gasteiger partial charge on any atom is 0.0190 e. The lowest BCUT2D eigenvalue weighted by Crippen LogP contribution is -2.21. The first kappa shape index (κ1) is 21.9. The minimum atomic E-state index is 0.214. The molecule has 0 aliphatic heterocycles. The second kappa shape index (κ2) is 9.18. The van der Waals surface area contributed by atoms with Crippen molar-refractivity contribution in [2.24, 2.45) is 0 Å². The van der Waals surface area contributed by atoms with Crippen molar-refractivity contribution in [2.75, 3.05) is 0 Å². The molecule has 0 bridgehead atoms. The highest BCUT2D eigenvalue weighted by Crippen LogP contribution is 2.37. The molecule has 2 rings (SSSR count). The zero-order valence-electron chi connectivity index (χ0n) is 18.5. The Morgan fingerprint density at radius 2 is 1.50 bits per heavy atom. The zero-order chi connectivity index (χ0) is 19.4. The van der Waals surface area contributed by atoms with Crippen molar-refractivity contribution in [3.8, 4) is 0 Å². The Labute approximate surface area is 167 Å². The molecule has 1 fully saturated rings. The van der Waals surface area contributed by atoms with Gasteiger partial charge in [0.25, 0.3) is 0 Å². The van der Waals surface area contributed by atoms with Crippen LogP contribution in [-0.2, 0) is 16.6 Å². The lowest BCUT2D eigenvalue weighted by atomic mass is 9.75. The average Bonchev–Trinajstić information content (AvgIpc) is 2.53. The van der Waals surface area contributed by atoms with Crippen LogP contribution in [0.3, 0.4) is 0 Å². The predicted molar refractivity (Wildman–Crippen MR) is 121 cm³/mol. The summed E-state index contributed by atoms with van der Waals surface area (Å²) < 4.78 is 0. The standard InChI is InChI=1S/C25H42S/c1-8-25(6,7)23-17-21(24(3,4)5)16-20(19(23)2)18-26-22-14-12-10-9-11-13-15-22/h16-17,22H,8-15,18H2,1-7H3. The molecule has 1 aromatic rings. The molecular weight excluding hydrogens is 332 g/mol. The number of rotatable bonds is 5. The fourth-order valence-corrected chi connectivity index (χ4v) is 5.43. The Hall–Kier alpha value is -0.430. The lowest BCUT2D eigenvalue weighted by molar-refractivity contribution is 0.498. The van der Waals surface area contributed by atoms with Crippen LogP contribution in [0.25, 0.3) is 0 Å². The van der Waals surface area contributed by atoms with E-state index in [0.29, 0.717) is 0 Å². The van der Waals surface area contributed by atoms with Crippen molar-refractivity contribution in [3.05, 3.63) is 34.4 Å². The fraction of sp³-hybridized carbons (Fsp3) is 0.760. The Morgan fingerprint density at radius 1 is 0.923 bits per heavy atom. The molecule has 1 aliphatic carbocycles. The molecule has 1 aromatic carbocycles. The highest BCUT2D eigenvalue weighted by molar-refractivity contribution is 7.99. The van der Waals surface area contributed by atoms with E-state index in [1.165, 1.54) is 62.7 Å². The molecule has 1 heteroatoms. The Bertz CT molecular complexity index is 569. The summed E-state index contributed by atoms with van der Waals surface area (Å²) in [6.45, 7) is 16.6. The summed E-state index contributed by atoms with van der Waals surface area (Å²) in [6.07, 6.45) is 11.3. The van der Waals surface area contributed by atoms with Crippen molar-refractivity contribution in [3.63, 3.8) is 0 Å². The van der Waals surface area contributed by atoms with Gasteiger partial charge in [0.1, 0.15) is 0 Å². The highest BCUT2D eigenvalue weighted by Gasteiger charge is 2.25. The number of hydrogen-bond acceptors (Lipinski definition) is 1. The molecule has 26 heavy (non-hydrogen) atoms. The van der Waals surface area contributed by atoms with Gasteiger partial charge in [-0.3, -0.25) is 0 Å². The smallest absolute Gasteiger partial charge is 0.0190 e. The zero-order valence-corrected chi connectivity index (χ0v) is 19.3. The van der Waals surface area contributed by atoms with Gasteiger partial charge in [-0.15, -0.1) is 0 Å². The summed E-state index contributed by atoms with van der Waals surface area (Å²) >= 11 is 2.23. The summed E-state index contributed by atoms with van der Waals surface area (Å²) in [5.41, 5.74) is 6.68. The minimum absolute atomic E-state index is 0.214. The third-order valence-electron chi connectivity index (χ3n) is 6.52. The van der Waals surface area contributed by atoms with Crippen molar-refractivity contribution >= 4 is 11.8 Å². The third kappa shape index (κ3) is 5.78. The molecule has 0 radical (unpaired) electrons. The van der Waals surface area contributed by atoms with Gasteiger partial charge >= 0.3 is 0 Å². The molecule has 0 saturated heterocycles. The van der Waals surface area contributed by atoms with E-state index in [2.05, 4.69) is 72.4 Å². The number of thioether (sulfide) groups is 1. The van der Waals surface area contributed by atoms with Crippen LogP contribution in [-0.4, -0.2) is 5.25 Å². The van der Waals surface area contributed by atoms with Crippen molar-refractivity contribution < 1.29 is 0 Å². The summed E-state index contributed by atoms with van der Waals surface area (Å²) in [4.78, 5) is 0. The first-order valence-electron chi connectivity index (χ1n) is 10.9. The van der Waals surface area contributed by atoms with Crippen LogP contribution in [0.5, 0.6) is 0 Å². The maximum atomic E-state index is 2.51. The van der Waals surface area contributed by atoms with Crippen LogP contribution < -0.4 is 0 Å². The molecule has 0 aromatic heterocycles. The molecule has 148 valence electrons. The number of hydrogen-bond donors (Lipinski definition) is 0. The van der Waals surface area contributed by atoms with Crippen molar-refractivity contribution in [1.29, 1.82) is 0 Å². The van der Waals surface area contributed by atoms with Crippen molar-refractivity contribution in [1.82, 2.24) is 0 Å². The summed E-state index contributed by atoms with van der Waals surface area (Å²) in [7, 11) is 0. The van der Waals surface area contributed by atoms with Gasteiger partial charge in [-0.1, -0.05) is 85.8 Å². The van der Waals surface area contributed by atoms with Crippen LogP contribution in [0.2, 0.25) is 0 Å². The summed E-state index contributed by atoms with van der Waals surface area (Å²) in [5, 5.41) is 0.871. The van der Waals surface area contributed by atoms with Gasteiger partial charge in [-0.05, 0) is 59.3 Å². The lowest BCUT2D eigenvalue weighted by Gasteiger charge is -2.31. The molecule has 0 nitrogen and oxygen atoms in total. The normalized spacial score (nSPS) is 17.8. The first-order chi connectivity index (χ1) is 12.1.